The molecule has 0 radical (unpaired) electrons. The summed E-state index contributed by atoms with van der Waals surface area (Å²) in [6, 6.07) is 0. The Labute approximate surface area is 85.3 Å². The maximum absolute atomic E-state index is 4.98. The zero-order chi connectivity index (χ0) is 10.2. The summed E-state index contributed by atoms with van der Waals surface area (Å²) in [5.74, 6) is 0.963. The van der Waals surface area contributed by atoms with E-state index in [1.54, 1.807) is 7.11 Å². The molecule has 4 nitrogen and oxygen atoms in total. The van der Waals surface area contributed by atoms with Gasteiger partial charge in [-0.05, 0) is 19.8 Å². The summed E-state index contributed by atoms with van der Waals surface area (Å²) in [4.78, 5) is 4.23. The van der Waals surface area contributed by atoms with Crippen molar-refractivity contribution in [1.29, 1.82) is 0 Å². The van der Waals surface area contributed by atoms with E-state index in [0.29, 0.717) is 0 Å². The lowest BCUT2D eigenvalue weighted by atomic mass is 10.3. The molecule has 0 spiro atoms. The number of unbranched alkanes of at least 4 members (excludes halogenated alkanes) is 1. The molecule has 0 unspecified atom stereocenters. The van der Waals surface area contributed by atoms with Gasteiger partial charge in [0.1, 0.15) is 0 Å². The van der Waals surface area contributed by atoms with Gasteiger partial charge in [0, 0.05) is 39.2 Å². The van der Waals surface area contributed by atoms with Crippen LogP contribution in [0.2, 0.25) is 0 Å². The number of rotatable bonds is 7. The van der Waals surface area contributed by atoms with Crippen LogP contribution >= 0.6 is 0 Å². The molecule has 1 heterocycles. The quantitative estimate of drug-likeness (QED) is 0.677. The molecule has 0 saturated carbocycles. The van der Waals surface area contributed by atoms with Crippen molar-refractivity contribution >= 4 is 5.95 Å². The molecule has 0 bridgehead atoms. The van der Waals surface area contributed by atoms with E-state index in [1.165, 1.54) is 0 Å². The molecule has 4 heteroatoms. The molecule has 0 aliphatic heterocycles. The average molecular weight is 197 g/mol. The number of hydrogen-bond acceptors (Lipinski definition) is 3. The van der Waals surface area contributed by atoms with Crippen molar-refractivity contribution in [2.75, 3.05) is 25.6 Å². The molecular formula is C10H19N3O. The number of nitrogens with zero attached hydrogens (tertiary/aromatic N) is 2. The summed E-state index contributed by atoms with van der Waals surface area (Å²) < 4.78 is 7.07. The summed E-state index contributed by atoms with van der Waals surface area (Å²) in [5.41, 5.74) is 0. The van der Waals surface area contributed by atoms with Crippen LogP contribution in [-0.2, 0) is 11.3 Å². The Morgan fingerprint density at radius 3 is 3.07 bits per heavy atom. The Morgan fingerprint density at radius 2 is 2.36 bits per heavy atom. The Morgan fingerprint density at radius 1 is 1.50 bits per heavy atom. The third kappa shape index (κ3) is 3.38. The van der Waals surface area contributed by atoms with Crippen molar-refractivity contribution < 1.29 is 4.74 Å². The summed E-state index contributed by atoms with van der Waals surface area (Å²) in [7, 11) is 1.73. The standard InChI is InChI=1S/C10H19N3O/c1-3-13-8-7-12-10(13)11-6-4-5-9-14-2/h7-8H,3-6,9H2,1-2H3,(H,11,12). The molecule has 1 N–H and O–H groups in total. The number of aryl methyl sites for hydroxylation is 1. The lowest BCUT2D eigenvalue weighted by Crippen LogP contribution is -2.08. The van der Waals surface area contributed by atoms with Crippen molar-refractivity contribution in [3.8, 4) is 0 Å². The van der Waals surface area contributed by atoms with Gasteiger partial charge in [0.15, 0.2) is 0 Å². The zero-order valence-corrected chi connectivity index (χ0v) is 8.99. The van der Waals surface area contributed by atoms with Crippen LogP contribution in [0.15, 0.2) is 12.4 Å². The summed E-state index contributed by atoms with van der Waals surface area (Å²) >= 11 is 0. The van der Waals surface area contributed by atoms with Gasteiger partial charge < -0.3 is 14.6 Å². The molecule has 1 aromatic heterocycles. The van der Waals surface area contributed by atoms with E-state index in [4.69, 9.17) is 4.74 Å². The van der Waals surface area contributed by atoms with Gasteiger partial charge in [0.05, 0.1) is 0 Å². The fourth-order valence-electron chi connectivity index (χ4n) is 1.30. The highest BCUT2D eigenvalue weighted by molar-refractivity contribution is 5.25. The minimum atomic E-state index is 0.837. The van der Waals surface area contributed by atoms with E-state index in [1.807, 2.05) is 12.4 Å². The zero-order valence-electron chi connectivity index (χ0n) is 8.99. The van der Waals surface area contributed by atoms with E-state index in [0.717, 1.165) is 38.5 Å². The highest BCUT2D eigenvalue weighted by Crippen LogP contribution is 2.03. The molecule has 14 heavy (non-hydrogen) atoms. The molecule has 0 saturated heterocycles. The van der Waals surface area contributed by atoms with Gasteiger partial charge in [-0.3, -0.25) is 0 Å². The molecular weight excluding hydrogens is 178 g/mol. The van der Waals surface area contributed by atoms with Crippen molar-refractivity contribution in [3.63, 3.8) is 0 Å². The van der Waals surface area contributed by atoms with Gasteiger partial charge in [-0.25, -0.2) is 4.98 Å². The number of ether oxygens (including phenoxy) is 1. The molecule has 1 rings (SSSR count). The van der Waals surface area contributed by atoms with Crippen molar-refractivity contribution in [2.24, 2.45) is 0 Å². The minimum absolute atomic E-state index is 0.837. The highest BCUT2D eigenvalue weighted by atomic mass is 16.5. The Bertz CT molecular complexity index is 247. The summed E-state index contributed by atoms with van der Waals surface area (Å²) in [6.45, 7) is 4.86. The first-order chi connectivity index (χ1) is 6.88. The molecule has 0 aromatic carbocycles. The van der Waals surface area contributed by atoms with E-state index < -0.39 is 0 Å². The van der Waals surface area contributed by atoms with Gasteiger partial charge in [0.2, 0.25) is 5.95 Å². The van der Waals surface area contributed by atoms with Gasteiger partial charge in [-0.2, -0.15) is 0 Å². The smallest absolute Gasteiger partial charge is 0.202 e. The van der Waals surface area contributed by atoms with E-state index >= 15 is 0 Å². The number of imidazole rings is 1. The van der Waals surface area contributed by atoms with Crippen LogP contribution in [0.4, 0.5) is 5.95 Å². The van der Waals surface area contributed by atoms with Gasteiger partial charge in [-0.1, -0.05) is 0 Å². The number of anilines is 1. The molecule has 0 amide bonds. The van der Waals surface area contributed by atoms with Crippen molar-refractivity contribution in [2.45, 2.75) is 26.3 Å². The summed E-state index contributed by atoms with van der Waals surface area (Å²) in [6.07, 6.45) is 6.01. The Balaban J connectivity index is 2.17. The SMILES string of the molecule is CCn1ccnc1NCCCCOC. The second-order valence-electron chi connectivity index (χ2n) is 3.16. The molecule has 0 aliphatic rings. The van der Waals surface area contributed by atoms with Crippen molar-refractivity contribution in [1.82, 2.24) is 9.55 Å². The van der Waals surface area contributed by atoms with Crippen molar-refractivity contribution in [3.05, 3.63) is 12.4 Å². The maximum atomic E-state index is 4.98. The summed E-state index contributed by atoms with van der Waals surface area (Å²) in [5, 5.41) is 3.30. The van der Waals surface area contributed by atoms with Crippen LogP contribution in [0, 0.1) is 0 Å². The van der Waals surface area contributed by atoms with E-state index in [9.17, 15) is 0 Å². The van der Waals surface area contributed by atoms with Crippen LogP contribution in [0.3, 0.4) is 0 Å². The number of hydrogen-bond donors (Lipinski definition) is 1. The second-order valence-corrected chi connectivity index (χ2v) is 3.16. The van der Waals surface area contributed by atoms with Crippen LogP contribution in [0.1, 0.15) is 19.8 Å². The molecule has 0 fully saturated rings. The van der Waals surface area contributed by atoms with Gasteiger partial charge >= 0.3 is 0 Å². The normalized spacial score (nSPS) is 10.4. The fraction of sp³-hybridized carbons (Fsp3) is 0.700. The molecule has 1 aromatic rings. The first-order valence-corrected chi connectivity index (χ1v) is 5.12. The Kier molecular flexibility index (Phi) is 5.07. The lowest BCUT2D eigenvalue weighted by Gasteiger charge is -2.07. The van der Waals surface area contributed by atoms with Crippen LogP contribution in [0.25, 0.3) is 0 Å². The predicted octanol–water partition coefficient (Wildman–Crippen LogP) is 1.74. The van der Waals surface area contributed by atoms with Crippen LogP contribution in [-0.4, -0.2) is 29.8 Å². The predicted molar refractivity (Wildman–Crippen MR) is 57.5 cm³/mol. The minimum Gasteiger partial charge on any atom is -0.385 e. The van der Waals surface area contributed by atoms with Gasteiger partial charge in [0.25, 0.3) is 0 Å². The lowest BCUT2D eigenvalue weighted by molar-refractivity contribution is 0.193. The number of nitrogens with one attached hydrogen (secondary N) is 1. The third-order valence-corrected chi connectivity index (χ3v) is 2.11. The Hall–Kier alpha value is -1.03. The monoisotopic (exact) mass is 197 g/mol. The largest absolute Gasteiger partial charge is 0.385 e. The topological polar surface area (TPSA) is 39.1 Å². The van der Waals surface area contributed by atoms with E-state index in [2.05, 4.69) is 21.8 Å². The fourth-order valence-corrected chi connectivity index (χ4v) is 1.30. The van der Waals surface area contributed by atoms with E-state index in [-0.39, 0.29) is 0 Å². The first kappa shape index (κ1) is 11.0. The first-order valence-electron chi connectivity index (χ1n) is 5.12. The maximum Gasteiger partial charge on any atom is 0.202 e. The number of methoxy groups -OCH3 is 1. The number of aromatic nitrogens is 2. The highest BCUT2D eigenvalue weighted by Gasteiger charge is 1.98. The van der Waals surface area contributed by atoms with Gasteiger partial charge in [-0.15, -0.1) is 0 Å². The van der Waals surface area contributed by atoms with Crippen LogP contribution < -0.4 is 5.32 Å². The molecule has 80 valence electrons. The van der Waals surface area contributed by atoms with Crippen LogP contribution in [0.5, 0.6) is 0 Å². The average Bonchev–Trinajstić information content (AvgIpc) is 2.65. The third-order valence-electron chi connectivity index (χ3n) is 2.11. The molecule has 0 atom stereocenters. The molecule has 0 aliphatic carbocycles. The second kappa shape index (κ2) is 6.43.